The van der Waals surface area contributed by atoms with Crippen LogP contribution in [0.5, 0.6) is 0 Å². The van der Waals surface area contributed by atoms with Crippen molar-refractivity contribution in [2.24, 2.45) is 0 Å². The lowest BCUT2D eigenvalue weighted by Crippen LogP contribution is -2.08. The molecule has 0 bridgehead atoms. The van der Waals surface area contributed by atoms with Crippen molar-refractivity contribution in [3.05, 3.63) is 58.4 Å². The number of H-pyrrole nitrogens is 1. The number of carbonyl (C=O) groups is 2. The zero-order chi connectivity index (χ0) is 14.7. The number of aromatic carboxylic acids is 1. The molecule has 0 atom stereocenters. The standard InChI is InChI=1S/C15H15NO4/c1-9-12(14(17)18)10(2)16-13(9)15(19)20-8-11-6-4-3-5-7-11/h3-7,16H,8H2,1-2H3,(H,17,18). The zero-order valence-corrected chi connectivity index (χ0v) is 11.3. The Bertz CT molecular complexity index is 643. The third-order valence-corrected chi connectivity index (χ3v) is 3.07. The van der Waals surface area contributed by atoms with Crippen LogP contribution in [-0.4, -0.2) is 22.0 Å². The maximum atomic E-state index is 12.0. The number of rotatable bonds is 4. The summed E-state index contributed by atoms with van der Waals surface area (Å²) >= 11 is 0. The second kappa shape index (κ2) is 5.61. The molecule has 20 heavy (non-hydrogen) atoms. The quantitative estimate of drug-likeness (QED) is 0.839. The number of aromatic amines is 1. The van der Waals surface area contributed by atoms with E-state index >= 15 is 0 Å². The van der Waals surface area contributed by atoms with Crippen LogP contribution in [0.1, 0.15) is 37.7 Å². The molecule has 2 rings (SSSR count). The summed E-state index contributed by atoms with van der Waals surface area (Å²) in [5.41, 5.74) is 2.03. The summed E-state index contributed by atoms with van der Waals surface area (Å²) in [6.07, 6.45) is 0. The number of carboxylic acid groups (broad SMARTS) is 1. The summed E-state index contributed by atoms with van der Waals surface area (Å²) in [6, 6.07) is 9.29. The van der Waals surface area contributed by atoms with Crippen LogP contribution in [0.15, 0.2) is 30.3 Å². The number of carboxylic acids is 1. The zero-order valence-electron chi connectivity index (χ0n) is 11.3. The second-order valence-corrected chi connectivity index (χ2v) is 4.49. The number of hydrogen-bond acceptors (Lipinski definition) is 3. The third-order valence-electron chi connectivity index (χ3n) is 3.07. The summed E-state index contributed by atoms with van der Waals surface area (Å²) in [4.78, 5) is 25.8. The number of esters is 1. The molecular formula is C15H15NO4. The van der Waals surface area contributed by atoms with E-state index in [1.165, 1.54) is 0 Å². The van der Waals surface area contributed by atoms with Gasteiger partial charge < -0.3 is 14.8 Å². The van der Waals surface area contributed by atoms with E-state index in [1.807, 2.05) is 30.3 Å². The lowest BCUT2D eigenvalue weighted by Gasteiger charge is -2.04. The Hall–Kier alpha value is -2.56. The van der Waals surface area contributed by atoms with Crippen LogP contribution < -0.4 is 0 Å². The van der Waals surface area contributed by atoms with Gasteiger partial charge in [-0.25, -0.2) is 9.59 Å². The molecular weight excluding hydrogens is 258 g/mol. The molecule has 0 amide bonds. The Labute approximate surface area is 116 Å². The number of carbonyl (C=O) groups excluding carboxylic acids is 1. The molecule has 0 saturated heterocycles. The lowest BCUT2D eigenvalue weighted by molar-refractivity contribution is 0.0465. The first-order valence-corrected chi connectivity index (χ1v) is 6.14. The predicted octanol–water partition coefficient (Wildman–Crippen LogP) is 2.69. The minimum absolute atomic E-state index is 0.122. The molecule has 5 heteroatoms. The summed E-state index contributed by atoms with van der Waals surface area (Å²) in [5, 5.41) is 9.08. The first-order chi connectivity index (χ1) is 9.50. The minimum atomic E-state index is -1.06. The number of aromatic nitrogens is 1. The first-order valence-electron chi connectivity index (χ1n) is 6.14. The summed E-state index contributed by atoms with van der Waals surface area (Å²) < 4.78 is 5.18. The SMILES string of the molecule is Cc1[nH]c(C(=O)OCc2ccccc2)c(C)c1C(=O)O. The van der Waals surface area contributed by atoms with Gasteiger partial charge in [0.05, 0.1) is 5.56 Å². The molecule has 2 aromatic rings. The molecule has 0 radical (unpaired) electrons. The second-order valence-electron chi connectivity index (χ2n) is 4.49. The minimum Gasteiger partial charge on any atom is -0.478 e. The van der Waals surface area contributed by atoms with E-state index in [4.69, 9.17) is 9.84 Å². The Kier molecular flexibility index (Phi) is 3.89. The van der Waals surface area contributed by atoms with Gasteiger partial charge in [-0.15, -0.1) is 0 Å². The molecule has 1 aromatic heterocycles. The van der Waals surface area contributed by atoms with E-state index in [0.717, 1.165) is 5.56 Å². The molecule has 1 aromatic carbocycles. The van der Waals surface area contributed by atoms with Crippen molar-refractivity contribution in [3.8, 4) is 0 Å². The number of hydrogen-bond donors (Lipinski definition) is 2. The van der Waals surface area contributed by atoms with Gasteiger partial charge in [0.25, 0.3) is 0 Å². The molecule has 0 spiro atoms. The fraction of sp³-hybridized carbons (Fsp3) is 0.200. The highest BCUT2D eigenvalue weighted by atomic mass is 16.5. The normalized spacial score (nSPS) is 10.3. The van der Waals surface area contributed by atoms with Crippen molar-refractivity contribution in [2.45, 2.75) is 20.5 Å². The molecule has 0 aliphatic rings. The van der Waals surface area contributed by atoms with Gasteiger partial charge in [-0.3, -0.25) is 0 Å². The maximum absolute atomic E-state index is 12.0. The topological polar surface area (TPSA) is 79.4 Å². The van der Waals surface area contributed by atoms with Crippen molar-refractivity contribution in [2.75, 3.05) is 0 Å². The number of benzene rings is 1. The van der Waals surface area contributed by atoms with Gasteiger partial charge in [0, 0.05) is 5.69 Å². The monoisotopic (exact) mass is 273 g/mol. The molecule has 0 unspecified atom stereocenters. The van der Waals surface area contributed by atoms with Crippen LogP contribution in [0.4, 0.5) is 0 Å². The third kappa shape index (κ3) is 2.71. The number of ether oxygens (including phenoxy) is 1. The Balaban J connectivity index is 2.14. The smallest absolute Gasteiger partial charge is 0.355 e. The van der Waals surface area contributed by atoms with Crippen LogP contribution in [0.2, 0.25) is 0 Å². The van der Waals surface area contributed by atoms with Crippen LogP contribution >= 0.6 is 0 Å². The first kappa shape index (κ1) is 13.9. The van der Waals surface area contributed by atoms with Crippen LogP contribution in [0.3, 0.4) is 0 Å². The molecule has 1 heterocycles. The van der Waals surface area contributed by atoms with Gasteiger partial charge in [-0.05, 0) is 25.0 Å². The summed E-state index contributed by atoms with van der Waals surface area (Å²) in [6.45, 7) is 3.36. The molecule has 2 N–H and O–H groups in total. The van der Waals surface area contributed by atoms with Gasteiger partial charge >= 0.3 is 11.9 Å². The van der Waals surface area contributed by atoms with E-state index in [2.05, 4.69) is 4.98 Å². The van der Waals surface area contributed by atoms with E-state index in [1.54, 1.807) is 13.8 Å². The van der Waals surface area contributed by atoms with Crippen molar-refractivity contribution in [3.63, 3.8) is 0 Å². The highest BCUT2D eigenvalue weighted by molar-refractivity contribution is 5.97. The molecule has 0 saturated carbocycles. The van der Waals surface area contributed by atoms with E-state index in [-0.39, 0.29) is 17.9 Å². The van der Waals surface area contributed by atoms with E-state index in [0.29, 0.717) is 11.3 Å². The van der Waals surface area contributed by atoms with E-state index < -0.39 is 11.9 Å². The number of aryl methyl sites for hydroxylation is 1. The van der Waals surface area contributed by atoms with Gasteiger partial charge in [0.1, 0.15) is 12.3 Å². The average molecular weight is 273 g/mol. The van der Waals surface area contributed by atoms with E-state index in [9.17, 15) is 9.59 Å². The molecule has 0 aliphatic heterocycles. The summed E-state index contributed by atoms with van der Waals surface area (Å²) in [5.74, 6) is -1.61. The van der Waals surface area contributed by atoms with Crippen molar-refractivity contribution in [1.82, 2.24) is 4.98 Å². The largest absolute Gasteiger partial charge is 0.478 e. The Morgan fingerprint density at radius 3 is 2.40 bits per heavy atom. The molecule has 104 valence electrons. The van der Waals surface area contributed by atoms with Crippen molar-refractivity contribution >= 4 is 11.9 Å². The fourth-order valence-electron chi connectivity index (χ4n) is 2.07. The molecule has 0 fully saturated rings. The number of nitrogens with one attached hydrogen (secondary N) is 1. The van der Waals surface area contributed by atoms with Crippen LogP contribution in [-0.2, 0) is 11.3 Å². The van der Waals surface area contributed by atoms with Crippen molar-refractivity contribution in [1.29, 1.82) is 0 Å². The van der Waals surface area contributed by atoms with Gasteiger partial charge in [-0.1, -0.05) is 30.3 Å². The maximum Gasteiger partial charge on any atom is 0.355 e. The lowest BCUT2D eigenvalue weighted by atomic mass is 10.1. The summed E-state index contributed by atoms with van der Waals surface area (Å²) in [7, 11) is 0. The van der Waals surface area contributed by atoms with Gasteiger partial charge in [-0.2, -0.15) is 0 Å². The van der Waals surface area contributed by atoms with Gasteiger partial charge in [0.15, 0.2) is 0 Å². The van der Waals surface area contributed by atoms with Crippen LogP contribution in [0, 0.1) is 13.8 Å². The molecule has 5 nitrogen and oxygen atoms in total. The van der Waals surface area contributed by atoms with Gasteiger partial charge in [0.2, 0.25) is 0 Å². The molecule has 0 aliphatic carbocycles. The Morgan fingerprint density at radius 1 is 1.20 bits per heavy atom. The Morgan fingerprint density at radius 2 is 1.85 bits per heavy atom. The van der Waals surface area contributed by atoms with Crippen molar-refractivity contribution < 1.29 is 19.4 Å². The average Bonchev–Trinajstić information content (AvgIpc) is 2.72. The fourth-order valence-corrected chi connectivity index (χ4v) is 2.07. The van der Waals surface area contributed by atoms with Crippen LogP contribution in [0.25, 0.3) is 0 Å². The highest BCUT2D eigenvalue weighted by Crippen LogP contribution is 2.19. The predicted molar refractivity (Wildman–Crippen MR) is 72.8 cm³/mol. The highest BCUT2D eigenvalue weighted by Gasteiger charge is 2.22.